The van der Waals surface area contributed by atoms with Gasteiger partial charge in [-0.1, -0.05) is 53.6 Å². The third kappa shape index (κ3) is 4.95. The molecule has 1 fully saturated rings. The summed E-state index contributed by atoms with van der Waals surface area (Å²) < 4.78 is 19.4. The number of rotatable bonds is 6. The zero-order valence-corrected chi connectivity index (χ0v) is 19.6. The summed E-state index contributed by atoms with van der Waals surface area (Å²) in [5.41, 5.74) is 3.93. The fourth-order valence-electron chi connectivity index (χ4n) is 4.17. The van der Waals surface area contributed by atoms with Crippen LogP contribution in [0.2, 0.25) is 0 Å². The van der Waals surface area contributed by atoms with Gasteiger partial charge in [-0.15, -0.1) is 0 Å². The van der Waals surface area contributed by atoms with E-state index in [1.54, 1.807) is 35.1 Å². The first kappa shape index (κ1) is 22.8. The Morgan fingerprint density at radius 3 is 2.23 bits per heavy atom. The van der Waals surface area contributed by atoms with Crippen LogP contribution in [0.3, 0.4) is 0 Å². The Kier molecular flexibility index (Phi) is 6.33. The van der Waals surface area contributed by atoms with Crippen LogP contribution < -0.4 is 0 Å². The smallest absolute Gasteiger partial charge is 0.338 e. The van der Waals surface area contributed by atoms with Crippen molar-refractivity contribution < 1.29 is 23.8 Å². The first-order chi connectivity index (χ1) is 17.0. The van der Waals surface area contributed by atoms with E-state index in [0.29, 0.717) is 17.5 Å². The molecule has 7 nitrogen and oxygen atoms in total. The molecule has 4 aromatic rings. The third-order valence-electron chi connectivity index (χ3n) is 6.17. The second-order valence-corrected chi connectivity index (χ2v) is 8.79. The topological polar surface area (TPSA) is 79.7 Å². The summed E-state index contributed by atoms with van der Waals surface area (Å²) in [6.45, 7) is 3.86. The number of aryl methyl sites for hydroxylation is 2. The van der Waals surface area contributed by atoms with Gasteiger partial charge in [0.15, 0.2) is 6.23 Å². The molecule has 0 spiro atoms. The molecule has 7 heteroatoms. The lowest BCUT2D eigenvalue weighted by molar-refractivity contribution is -0.0589. The average Bonchev–Trinajstić information content (AvgIpc) is 3.47. The van der Waals surface area contributed by atoms with E-state index in [0.717, 1.165) is 22.0 Å². The molecule has 0 amide bonds. The van der Waals surface area contributed by atoms with Gasteiger partial charge in [0.1, 0.15) is 18.8 Å². The van der Waals surface area contributed by atoms with Gasteiger partial charge < -0.3 is 14.2 Å². The van der Waals surface area contributed by atoms with Crippen LogP contribution in [0.1, 0.15) is 44.5 Å². The lowest BCUT2D eigenvalue weighted by atomic mass is 10.1. The minimum absolute atomic E-state index is 0.0474. The first-order valence-electron chi connectivity index (χ1n) is 11.6. The van der Waals surface area contributed by atoms with Crippen LogP contribution in [-0.4, -0.2) is 40.5 Å². The fourth-order valence-corrected chi connectivity index (χ4v) is 4.17. The van der Waals surface area contributed by atoms with E-state index in [1.807, 2.05) is 62.4 Å². The monoisotopic (exact) mass is 470 g/mol. The number of esters is 2. The molecule has 1 aromatic heterocycles. The van der Waals surface area contributed by atoms with Crippen molar-refractivity contribution >= 4 is 22.8 Å². The molecular weight excluding hydrogens is 444 g/mol. The van der Waals surface area contributed by atoms with Gasteiger partial charge in [-0.2, -0.15) is 5.10 Å². The largest absolute Gasteiger partial charge is 0.459 e. The highest BCUT2D eigenvalue weighted by molar-refractivity contribution is 5.90. The molecule has 0 aliphatic carbocycles. The SMILES string of the molecule is Cc1ccc(C(=O)OC[C@H]2O[C@@H](n3ncc4ccccc43)C[C@@H]2OC(=O)c2ccc(C)cc2)cc1. The fraction of sp³-hybridized carbons (Fsp3) is 0.250. The van der Waals surface area contributed by atoms with Crippen molar-refractivity contribution in [3.8, 4) is 0 Å². The Labute approximate surface area is 203 Å². The zero-order chi connectivity index (χ0) is 24.4. The Hall–Kier alpha value is -3.97. The van der Waals surface area contributed by atoms with Crippen molar-refractivity contribution in [2.24, 2.45) is 0 Å². The predicted molar refractivity (Wildman–Crippen MR) is 130 cm³/mol. The Balaban J connectivity index is 1.34. The molecule has 0 unspecified atom stereocenters. The highest BCUT2D eigenvalue weighted by Crippen LogP contribution is 2.33. The van der Waals surface area contributed by atoms with E-state index >= 15 is 0 Å². The van der Waals surface area contributed by atoms with Crippen molar-refractivity contribution in [2.45, 2.75) is 38.7 Å². The molecule has 0 bridgehead atoms. The number of hydrogen-bond acceptors (Lipinski definition) is 6. The summed E-state index contributed by atoms with van der Waals surface area (Å²) in [6, 6.07) is 22.2. The maximum atomic E-state index is 12.8. The van der Waals surface area contributed by atoms with Gasteiger partial charge in [-0.05, 0) is 44.2 Å². The van der Waals surface area contributed by atoms with E-state index in [4.69, 9.17) is 14.2 Å². The Morgan fingerprint density at radius 1 is 0.914 bits per heavy atom. The van der Waals surface area contributed by atoms with Crippen molar-refractivity contribution in [1.29, 1.82) is 0 Å². The summed E-state index contributed by atoms with van der Waals surface area (Å²) in [6.07, 6.45) is 0.454. The quantitative estimate of drug-likeness (QED) is 0.368. The van der Waals surface area contributed by atoms with Gasteiger partial charge in [0, 0.05) is 11.8 Å². The number of para-hydroxylation sites is 1. The molecule has 0 N–H and O–H groups in total. The van der Waals surface area contributed by atoms with E-state index < -0.39 is 30.4 Å². The van der Waals surface area contributed by atoms with Gasteiger partial charge in [0.05, 0.1) is 22.8 Å². The van der Waals surface area contributed by atoms with Crippen LogP contribution in [-0.2, 0) is 14.2 Å². The molecule has 3 aromatic carbocycles. The Morgan fingerprint density at radius 2 is 1.54 bits per heavy atom. The standard InChI is InChI=1S/C28H26N2O5/c1-18-7-11-20(12-8-18)27(31)33-17-25-24(35-28(32)21-13-9-19(2)10-14-21)15-26(34-25)30-23-6-4-3-5-22(23)16-29-30/h3-14,16,24-26H,15,17H2,1-2H3/t24-,25+,26+/m0/s1. The van der Waals surface area contributed by atoms with Gasteiger partial charge >= 0.3 is 11.9 Å². The highest BCUT2D eigenvalue weighted by Gasteiger charge is 2.40. The minimum Gasteiger partial charge on any atom is -0.459 e. The summed E-state index contributed by atoms with van der Waals surface area (Å²) >= 11 is 0. The summed E-state index contributed by atoms with van der Waals surface area (Å²) in [7, 11) is 0. The van der Waals surface area contributed by atoms with E-state index in [1.165, 1.54) is 0 Å². The van der Waals surface area contributed by atoms with Crippen LogP contribution in [0.25, 0.3) is 10.9 Å². The molecule has 1 saturated heterocycles. The summed E-state index contributed by atoms with van der Waals surface area (Å²) in [5.74, 6) is -0.898. The highest BCUT2D eigenvalue weighted by atomic mass is 16.6. The molecule has 1 aliphatic rings. The minimum atomic E-state index is -0.633. The zero-order valence-electron chi connectivity index (χ0n) is 19.6. The lowest BCUT2D eigenvalue weighted by Gasteiger charge is -2.19. The van der Waals surface area contributed by atoms with Crippen LogP contribution in [0.15, 0.2) is 79.0 Å². The first-order valence-corrected chi connectivity index (χ1v) is 11.6. The molecule has 3 atom stereocenters. The van der Waals surface area contributed by atoms with E-state index in [-0.39, 0.29) is 6.61 Å². The molecule has 5 rings (SSSR count). The summed E-state index contributed by atoms with van der Waals surface area (Å²) in [4.78, 5) is 25.4. The second-order valence-electron chi connectivity index (χ2n) is 8.79. The van der Waals surface area contributed by atoms with Crippen molar-refractivity contribution in [3.05, 3.63) is 101 Å². The molecule has 0 radical (unpaired) electrons. The van der Waals surface area contributed by atoms with Crippen LogP contribution in [0, 0.1) is 13.8 Å². The van der Waals surface area contributed by atoms with Crippen molar-refractivity contribution in [3.63, 3.8) is 0 Å². The molecule has 2 heterocycles. The number of hydrogen-bond donors (Lipinski definition) is 0. The van der Waals surface area contributed by atoms with Gasteiger partial charge in [-0.25, -0.2) is 14.3 Å². The number of carbonyl (C=O) groups excluding carboxylic acids is 2. The number of benzene rings is 3. The second kappa shape index (κ2) is 9.72. The van der Waals surface area contributed by atoms with E-state index in [2.05, 4.69) is 5.10 Å². The maximum absolute atomic E-state index is 12.8. The van der Waals surface area contributed by atoms with Gasteiger partial charge in [-0.3, -0.25) is 0 Å². The van der Waals surface area contributed by atoms with Crippen LogP contribution in [0.4, 0.5) is 0 Å². The number of aromatic nitrogens is 2. The predicted octanol–water partition coefficient (Wildman–Crippen LogP) is 5.02. The maximum Gasteiger partial charge on any atom is 0.338 e. The van der Waals surface area contributed by atoms with Crippen LogP contribution >= 0.6 is 0 Å². The molecule has 178 valence electrons. The Bertz CT molecular complexity index is 1340. The number of fused-ring (bicyclic) bond motifs is 1. The average molecular weight is 471 g/mol. The van der Waals surface area contributed by atoms with Crippen molar-refractivity contribution in [2.75, 3.05) is 6.61 Å². The molecule has 0 saturated carbocycles. The molecular formula is C28H26N2O5. The number of carbonyl (C=O) groups is 2. The number of ether oxygens (including phenoxy) is 3. The third-order valence-corrected chi connectivity index (χ3v) is 6.17. The number of nitrogens with zero attached hydrogens (tertiary/aromatic N) is 2. The molecule has 35 heavy (non-hydrogen) atoms. The van der Waals surface area contributed by atoms with Gasteiger partial charge in [0.2, 0.25) is 0 Å². The lowest BCUT2D eigenvalue weighted by Crippen LogP contribution is -2.32. The molecule has 1 aliphatic heterocycles. The van der Waals surface area contributed by atoms with E-state index in [9.17, 15) is 9.59 Å². The normalized spacial score (nSPS) is 19.5. The van der Waals surface area contributed by atoms with Crippen LogP contribution in [0.5, 0.6) is 0 Å². The van der Waals surface area contributed by atoms with Gasteiger partial charge in [0.25, 0.3) is 0 Å². The summed E-state index contributed by atoms with van der Waals surface area (Å²) in [5, 5.41) is 5.47. The van der Waals surface area contributed by atoms with Crippen molar-refractivity contribution in [1.82, 2.24) is 9.78 Å².